The van der Waals surface area contributed by atoms with E-state index in [9.17, 15) is 4.79 Å². The number of aliphatic hydroxyl groups excluding tert-OH is 1. The first-order valence-corrected chi connectivity index (χ1v) is 11.9. The van der Waals surface area contributed by atoms with Crippen LogP contribution in [0.15, 0.2) is 12.2 Å². The number of likely N-dealkylation sites (N-methyl/N-ethyl adjacent to an activating group) is 1. The van der Waals surface area contributed by atoms with Gasteiger partial charge in [-0.2, -0.15) is 0 Å². The molecule has 0 unspecified atom stereocenters. The van der Waals surface area contributed by atoms with Crippen LogP contribution in [0.2, 0.25) is 0 Å². The quantitative estimate of drug-likeness (QED) is 0.200. The van der Waals surface area contributed by atoms with Crippen molar-refractivity contribution in [3.63, 3.8) is 0 Å². The molecule has 0 atom stereocenters. The fourth-order valence-corrected chi connectivity index (χ4v) is 3.28. The number of aliphatic hydroxyl groups is 1. The number of nitrogens with one attached hydrogen (secondary N) is 1. The number of nitrogens with zero attached hydrogens (tertiary/aromatic N) is 1. The molecule has 166 valence electrons. The van der Waals surface area contributed by atoms with Gasteiger partial charge in [0.05, 0.1) is 0 Å². The van der Waals surface area contributed by atoms with Crippen molar-refractivity contribution in [3.05, 3.63) is 12.2 Å². The van der Waals surface area contributed by atoms with Crippen molar-refractivity contribution in [2.24, 2.45) is 0 Å². The van der Waals surface area contributed by atoms with Crippen LogP contribution < -0.4 is 5.32 Å². The van der Waals surface area contributed by atoms with Crippen molar-refractivity contribution in [1.82, 2.24) is 10.2 Å². The molecule has 0 saturated carbocycles. The number of hydrogen-bond acceptors (Lipinski definition) is 3. The van der Waals surface area contributed by atoms with E-state index in [0.29, 0.717) is 13.0 Å². The largest absolute Gasteiger partial charge is 0.396 e. The third-order valence-corrected chi connectivity index (χ3v) is 5.18. The second-order valence-electron chi connectivity index (χ2n) is 8.06. The fourth-order valence-electron chi connectivity index (χ4n) is 3.28. The molecule has 4 heteroatoms. The molecule has 4 nitrogen and oxygen atoms in total. The zero-order valence-corrected chi connectivity index (χ0v) is 18.9. The Labute approximate surface area is 175 Å². The number of unbranched alkanes of at least 4 members (excludes halogenated alkanes) is 11. The average Bonchev–Trinajstić information content (AvgIpc) is 2.69. The molecule has 0 aromatic carbocycles. The van der Waals surface area contributed by atoms with Gasteiger partial charge in [-0.1, -0.05) is 70.4 Å². The molecule has 0 aromatic rings. The predicted octanol–water partition coefficient (Wildman–Crippen LogP) is 5.45. The van der Waals surface area contributed by atoms with Crippen LogP contribution in [0, 0.1) is 0 Å². The van der Waals surface area contributed by atoms with E-state index in [2.05, 4.69) is 29.3 Å². The highest BCUT2D eigenvalue weighted by Gasteiger charge is 2.02. The molecule has 0 aliphatic heterocycles. The van der Waals surface area contributed by atoms with Gasteiger partial charge in [-0.25, -0.2) is 0 Å². The van der Waals surface area contributed by atoms with E-state index in [1.807, 2.05) is 7.05 Å². The van der Waals surface area contributed by atoms with Gasteiger partial charge < -0.3 is 15.3 Å². The normalized spacial score (nSPS) is 11.6. The molecule has 0 aliphatic rings. The van der Waals surface area contributed by atoms with Gasteiger partial charge in [0, 0.05) is 32.7 Å². The molecule has 0 aliphatic carbocycles. The van der Waals surface area contributed by atoms with Gasteiger partial charge in [0.2, 0.25) is 5.91 Å². The first-order chi connectivity index (χ1) is 13.7. The Morgan fingerprint density at radius 3 is 2.00 bits per heavy atom. The first kappa shape index (κ1) is 27.1. The number of carbonyl (C=O) groups excluding carboxylic acids is 1. The Hall–Kier alpha value is -0.870. The third-order valence-electron chi connectivity index (χ3n) is 5.18. The minimum absolute atomic E-state index is 0.174. The Kier molecular flexibility index (Phi) is 21.7. The van der Waals surface area contributed by atoms with Crippen LogP contribution in [0.1, 0.15) is 103 Å². The van der Waals surface area contributed by atoms with Crippen molar-refractivity contribution in [2.75, 3.05) is 33.3 Å². The monoisotopic (exact) mass is 396 g/mol. The SMILES string of the molecule is CCCCCCCC/C=C\CCCCCCCC(=O)NCCN(C)CCCO. The summed E-state index contributed by atoms with van der Waals surface area (Å²) in [6, 6.07) is 0. The van der Waals surface area contributed by atoms with E-state index >= 15 is 0 Å². The molecule has 0 heterocycles. The van der Waals surface area contributed by atoms with E-state index < -0.39 is 0 Å². The molecule has 0 radical (unpaired) electrons. The highest BCUT2D eigenvalue weighted by molar-refractivity contribution is 5.75. The maximum atomic E-state index is 11.8. The lowest BCUT2D eigenvalue weighted by Crippen LogP contribution is -2.33. The molecule has 0 aromatic heterocycles. The summed E-state index contributed by atoms with van der Waals surface area (Å²) in [5.41, 5.74) is 0. The van der Waals surface area contributed by atoms with E-state index in [0.717, 1.165) is 32.4 Å². The van der Waals surface area contributed by atoms with E-state index in [1.54, 1.807) is 0 Å². The van der Waals surface area contributed by atoms with Gasteiger partial charge in [-0.3, -0.25) is 4.79 Å². The smallest absolute Gasteiger partial charge is 0.220 e. The number of amides is 1. The Balaban J connectivity index is 3.27. The maximum absolute atomic E-state index is 11.8. The zero-order valence-electron chi connectivity index (χ0n) is 18.9. The van der Waals surface area contributed by atoms with Crippen LogP contribution in [-0.2, 0) is 4.79 Å². The number of hydrogen-bond donors (Lipinski definition) is 2. The highest BCUT2D eigenvalue weighted by Crippen LogP contribution is 2.09. The summed E-state index contributed by atoms with van der Waals surface area (Å²) < 4.78 is 0. The number of allylic oxidation sites excluding steroid dienone is 2. The lowest BCUT2D eigenvalue weighted by Gasteiger charge is -2.16. The third kappa shape index (κ3) is 21.4. The fraction of sp³-hybridized carbons (Fsp3) is 0.875. The van der Waals surface area contributed by atoms with Gasteiger partial charge in [0.1, 0.15) is 0 Å². The summed E-state index contributed by atoms with van der Waals surface area (Å²) in [6.45, 7) is 4.92. The summed E-state index contributed by atoms with van der Waals surface area (Å²) in [5.74, 6) is 0.174. The molecule has 2 N–H and O–H groups in total. The van der Waals surface area contributed by atoms with Crippen molar-refractivity contribution in [1.29, 1.82) is 0 Å². The molecule has 0 saturated heterocycles. The van der Waals surface area contributed by atoms with E-state index in [1.165, 1.54) is 70.6 Å². The maximum Gasteiger partial charge on any atom is 0.220 e. The summed E-state index contributed by atoms with van der Waals surface area (Å²) >= 11 is 0. The summed E-state index contributed by atoms with van der Waals surface area (Å²) in [5, 5.41) is 11.8. The second-order valence-corrected chi connectivity index (χ2v) is 8.06. The Morgan fingerprint density at radius 2 is 1.39 bits per heavy atom. The second kappa shape index (κ2) is 22.4. The Morgan fingerprint density at radius 1 is 0.821 bits per heavy atom. The minimum Gasteiger partial charge on any atom is -0.396 e. The summed E-state index contributed by atoms with van der Waals surface area (Å²) in [7, 11) is 2.02. The molecular weight excluding hydrogens is 348 g/mol. The predicted molar refractivity (Wildman–Crippen MR) is 122 cm³/mol. The van der Waals surface area contributed by atoms with E-state index in [4.69, 9.17) is 5.11 Å². The van der Waals surface area contributed by atoms with Gasteiger partial charge >= 0.3 is 0 Å². The lowest BCUT2D eigenvalue weighted by molar-refractivity contribution is -0.121. The molecular formula is C24H48N2O2. The molecule has 1 amide bonds. The molecule has 0 spiro atoms. The van der Waals surface area contributed by atoms with Crippen molar-refractivity contribution in [3.8, 4) is 0 Å². The van der Waals surface area contributed by atoms with Crippen molar-refractivity contribution >= 4 is 5.91 Å². The molecule has 0 bridgehead atoms. The average molecular weight is 397 g/mol. The Bertz CT molecular complexity index is 359. The van der Waals surface area contributed by atoms with Crippen molar-refractivity contribution < 1.29 is 9.90 Å². The van der Waals surface area contributed by atoms with Crippen LogP contribution in [-0.4, -0.2) is 49.2 Å². The van der Waals surface area contributed by atoms with E-state index in [-0.39, 0.29) is 12.5 Å². The van der Waals surface area contributed by atoms with Gasteiger partial charge in [-0.15, -0.1) is 0 Å². The van der Waals surface area contributed by atoms with Crippen LogP contribution in [0.4, 0.5) is 0 Å². The number of carbonyl (C=O) groups is 1. The molecule has 0 rings (SSSR count). The minimum atomic E-state index is 0.174. The molecule has 28 heavy (non-hydrogen) atoms. The van der Waals surface area contributed by atoms with Crippen LogP contribution >= 0.6 is 0 Å². The topological polar surface area (TPSA) is 52.6 Å². The highest BCUT2D eigenvalue weighted by atomic mass is 16.3. The van der Waals surface area contributed by atoms with Crippen LogP contribution in [0.3, 0.4) is 0 Å². The standard InChI is InChI=1S/C24H48N2O2/c1-3-4-5-6-7-8-9-10-11-12-13-14-15-16-17-19-24(28)25-20-22-26(2)21-18-23-27/h10-11,27H,3-9,12-23H2,1-2H3,(H,25,28)/b11-10-. The van der Waals surface area contributed by atoms with Gasteiger partial charge in [0.15, 0.2) is 0 Å². The first-order valence-electron chi connectivity index (χ1n) is 11.9. The lowest BCUT2D eigenvalue weighted by atomic mass is 10.1. The van der Waals surface area contributed by atoms with Gasteiger partial charge in [-0.05, 0) is 45.6 Å². The summed E-state index contributed by atoms with van der Waals surface area (Å²) in [6.07, 6.45) is 22.8. The summed E-state index contributed by atoms with van der Waals surface area (Å²) in [4.78, 5) is 13.9. The van der Waals surface area contributed by atoms with Crippen molar-refractivity contribution in [2.45, 2.75) is 103 Å². The molecule has 0 fully saturated rings. The zero-order chi connectivity index (χ0) is 20.7. The van der Waals surface area contributed by atoms with Crippen LogP contribution in [0.25, 0.3) is 0 Å². The van der Waals surface area contributed by atoms with Gasteiger partial charge in [0.25, 0.3) is 0 Å². The van der Waals surface area contributed by atoms with Crippen LogP contribution in [0.5, 0.6) is 0 Å². The number of rotatable bonds is 21.